The molecule has 0 bridgehead atoms. The standard InChI is InChI=1S/C16H34N2O/c1-5-7-10-18(14(3)6-2)15(4)12-17-13-16-9-8-11-19-16/h14-17H,5-13H2,1-4H3. The summed E-state index contributed by atoms with van der Waals surface area (Å²) in [5.41, 5.74) is 0. The maximum absolute atomic E-state index is 5.65. The topological polar surface area (TPSA) is 24.5 Å². The Bertz CT molecular complexity index is 217. The third-order valence-electron chi connectivity index (χ3n) is 4.33. The number of ether oxygens (including phenoxy) is 1. The number of hydrogen-bond acceptors (Lipinski definition) is 3. The third-order valence-corrected chi connectivity index (χ3v) is 4.33. The number of unbranched alkanes of at least 4 members (excludes halogenated alkanes) is 1. The van der Waals surface area contributed by atoms with Gasteiger partial charge in [-0.05, 0) is 46.1 Å². The van der Waals surface area contributed by atoms with E-state index in [-0.39, 0.29) is 0 Å². The fourth-order valence-corrected chi connectivity index (χ4v) is 2.83. The zero-order chi connectivity index (χ0) is 14.1. The Morgan fingerprint density at radius 1 is 1.26 bits per heavy atom. The van der Waals surface area contributed by atoms with E-state index < -0.39 is 0 Å². The van der Waals surface area contributed by atoms with Crippen LogP contribution in [0.1, 0.15) is 59.8 Å². The van der Waals surface area contributed by atoms with Crippen molar-refractivity contribution in [1.82, 2.24) is 10.2 Å². The van der Waals surface area contributed by atoms with Crippen molar-refractivity contribution in [3.05, 3.63) is 0 Å². The molecule has 3 nitrogen and oxygen atoms in total. The Morgan fingerprint density at radius 3 is 2.63 bits per heavy atom. The lowest BCUT2D eigenvalue weighted by atomic mass is 10.1. The summed E-state index contributed by atoms with van der Waals surface area (Å²) in [6, 6.07) is 1.30. The zero-order valence-corrected chi connectivity index (χ0v) is 13.5. The van der Waals surface area contributed by atoms with E-state index in [4.69, 9.17) is 4.74 Å². The molecule has 0 aromatic heterocycles. The van der Waals surface area contributed by atoms with E-state index in [0.29, 0.717) is 18.2 Å². The molecule has 3 unspecified atom stereocenters. The third kappa shape index (κ3) is 6.24. The molecule has 0 aromatic rings. The van der Waals surface area contributed by atoms with Crippen LogP contribution in [0.4, 0.5) is 0 Å². The molecule has 114 valence electrons. The van der Waals surface area contributed by atoms with Gasteiger partial charge in [-0.1, -0.05) is 20.3 Å². The van der Waals surface area contributed by atoms with Gasteiger partial charge in [0.05, 0.1) is 6.10 Å². The van der Waals surface area contributed by atoms with Crippen LogP contribution < -0.4 is 5.32 Å². The molecule has 1 aliphatic heterocycles. The van der Waals surface area contributed by atoms with Crippen LogP contribution in [-0.2, 0) is 4.74 Å². The minimum absolute atomic E-state index is 0.458. The summed E-state index contributed by atoms with van der Waals surface area (Å²) in [4.78, 5) is 2.66. The van der Waals surface area contributed by atoms with Gasteiger partial charge in [0.1, 0.15) is 0 Å². The lowest BCUT2D eigenvalue weighted by molar-refractivity contribution is 0.103. The van der Waals surface area contributed by atoms with E-state index >= 15 is 0 Å². The van der Waals surface area contributed by atoms with E-state index in [2.05, 4.69) is 37.9 Å². The minimum Gasteiger partial charge on any atom is -0.377 e. The molecule has 3 heteroatoms. The van der Waals surface area contributed by atoms with E-state index in [1.807, 2.05) is 0 Å². The summed E-state index contributed by atoms with van der Waals surface area (Å²) in [6.07, 6.45) is 6.74. The predicted octanol–water partition coefficient (Wildman–Crippen LogP) is 3.04. The molecule has 1 rings (SSSR count). The van der Waals surface area contributed by atoms with Crippen LogP contribution in [0, 0.1) is 0 Å². The van der Waals surface area contributed by atoms with Crippen LogP contribution in [0.2, 0.25) is 0 Å². The van der Waals surface area contributed by atoms with Gasteiger partial charge in [0, 0.05) is 31.8 Å². The largest absolute Gasteiger partial charge is 0.377 e. The van der Waals surface area contributed by atoms with Gasteiger partial charge < -0.3 is 10.1 Å². The molecule has 1 N–H and O–H groups in total. The predicted molar refractivity (Wildman–Crippen MR) is 82.7 cm³/mol. The quantitative estimate of drug-likeness (QED) is 0.660. The summed E-state index contributed by atoms with van der Waals surface area (Å²) < 4.78 is 5.65. The van der Waals surface area contributed by atoms with Crippen LogP contribution in [0.25, 0.3) is 0 Å². The molecule has 0 radical (unpaired) electrons. The average molecular weight is 270 g/mol. The zero-order valence-electron chi connectivity index (χ0n) is 13.5. The first-order chi connectivity index (χ1) is 9.19. The Hall–Kier alpha value is -0.120. The second-order valence-corrected chi connectivity index (χ2v) is 5.99. The maximum Gasteiger partial charge on any atom is 0.0700 e. The monoisotopic (exact) mass is 270 g/mol. The summed E-state index contributed by atoms with van der Waals surface area (Å²) in [5.74, 6) is 0. The van der Waals surface area contributed by atoms with Crippen molar-refractivity contribution in [2.45, 2.75) is 78.0 Å². The van der Waals surface area contributed by atoms with Gasteiger partial charge in [-0.2, -0.15) is 0 Å². The van der Waals surface area contributed by atoms with Gasteiger partial charge in [-0.3, -0.25) is 4.90 Å². The van der Waals surface area contributed by atoms with Crippen LogP contribution in [0.3, 0.4) is 0 Å². The van der Waals surface area contributed by atoms with Crippen molar-refractivity contribution >= 4 is 0 Å². The Balaban J connectivity index is 2.26. The first kappa shape index (κ1) is 16.9. The number of nitrogens with zero attached hydrogens (tertiary/aromatic N) is 1. The lowest BCUT2D eigenvalue weighted by Gasteiger charge is -2.34. The lowest BCUT2D eigenvalue weighted by Crippen LogP contribution is -2.46. The van der Waals surface area contributed by atoms with Crippen molar-refractivity contribution in [1.29, 1.82) is 0 Å². The molecule has 1 heterocycles. The van der Waals surface area contributed by atoms with Crippen LogP contribution in [0.15, 0.2) is 0 Å². The second-order valence-electron chi connectivity index (χ2n) is 5.99. The van der Waals surface area contributed by atoms with Gasteiger partial charge in [0.15, 0.2) is 0 Å². The second kappa shape index (κ2) is 9.73. The van der Waals surface area contributed by atoms with E-state index in [0.717, 1.165) is 19.7 Å². The smallest absolute Gasteiger partial charge is 0.0700 e. The van der Waals surface area contributed by atoms with Crippen LogP contribution in [-0.4, -0.2) is 49.3 Å². The molecule has 0 saturated carbocycles. The van der Waals surface area contributed by atoms with Gasteiger partial charge in [-0.15, -0.1) is 0 Å². The molecule has 0 aliphatic carbocycles. The maximum atomic E-state index is 5.65. The van der Waals surface area contributed by atoms with Crippen molar-refractivity contribution < 1.29 is 4.74 Å². The van der Waals surface area contributed by atoms with Gasteiger partial charge in [0.25, 0.3) is 0 Å². The molecule has 1 fully saturated rings. The normalized spacial score (nSPS) is 22.9. The first-order valence-electron chi connectivity index (χ1n) is 8.27. The highest BCUT2D eigenvalue weighted by atomic mass is 16.5. The van der Waals surface area contributed by atoms with Crippen molar-refractivity contribution in [2.24, 2.45) is 0 Å². The molecular formula is C16H34N2O. The van der Waals surface area contributed by atoms with Crippen LogP contribution >= 0.6 is 0 Å². The molecule has 0 amide bonds. The SMILES string of the molecule is CCCCN(C(C)CC)C(C)CNCC1CCCO1. The first-order valence-corrected chi connectivity index (χ1v) is 8.27. The Kier molecular flexibility index (Phi) is 8.67. The minimum atomic E-state index is 0.458. The van der Waals surface area contributed by atoms with E-state index in [1.165, 1.54) is 38.6 Å². The molecule has 1 saturated heterocycles. The molecule has 3 atom stereocenters. The molecule has 0 aromatic carbocycles. The molecule has 0 spiro atoms. The van der Waals surface area contributed by atoms with Gasteiger partial charge in [0.2, 0.25) is 0 Å². The highest BCUT2D eigenvalue weighted by Crippen LogP contribution is 2.12. The van der Waals surface area contributed by atoms with Crippen molar-refractivity contribution in [3.63, 3.8) is 0 Å². The highest BCUT2D eigenvalue weighted by Gasteiger charge is 2.19. The van der Waals surface area contributed by atoms with Crippen molar-refractivity contribution in [2.75, 3.05) is 26.2 Å². The summed E-state index contributed by atoms with van der Waals surface area (Å²) in [6.45, 7) is 13.5. The van der Waals surface area contributed by atoms with E-state index in [9.17, 15) is 0 Å². The fourth-order valence-electron chi connectivity index (χ4n) is 2.83. The summed E-state index contributed by atoms with van der Waals surface area (Å²) in [5, 5.41) is 3.60. The summed E-state index contributed by atoms with van der Waals surface area (Å²) in [7, 11) is 0. The highest BCUT2D eigenvalue weighted by molar-refractivity contribution is 4.76. The van der Waals surface area contributed by atoms with E-state index in [1.54, 1.807) is 0 Å². The van der Waals surface area contributed by atoms with Crippen LogP contribution in [0.5, 0.6) is 0 Å². The van der Waals surface area contributed by atoms with Crippen molar-refractivity contribution in [3.8, 4) is 0 Å². The van der Waals surface area contributed by atoms with Gasteiger partial charge in [-0.25, -0.2) is 0 Å². The summed E-state index contributed by atoms with van der Waals surface area (Å²) >= 11 is 0. The average Bonchev–Trinajstić information content (AvgIpc) is 2.92. The number of rotatable bonds is 10. The number of nitrogens with one attached hydrogen (secondary N) is 1. The Labute approximate surface area is 120 Å². The Morgan fingerprint density at radius 2 is 2.05 bits per heavy atom. The number of hydrogen-bond donors (Lipinski definition) is 1. The molecule has 19 heavy (non-hydrogen) atoms. The molecular weight excluding hydrogens is 236 g/mol. The van der Waals surface area contributed by atoms with Gasteiger partial charge >= 0.3 is 0 Å². The fraction of sp³-hybridized carbons (Fsp3) is 1.00. The molecule has 1 aliphatic rings.